The first kappa shape index (κ1) is 24.0. The van der Waals surface area contributed by atoms with Gasteiger partial charge in [0.15, 0.2) is 5.11 Å². The minimum atomic E-state index is -0.317. The standard InChI is InChI=1S/C26H27ClN4O2S/c1-30-12-14-31(15-13-30)24-11-10-21(17-23(24)27)28-26(34)29-25(32)20-8-5-9-22(16-20)33-18-19-6-3-2-4-7-19/h2-11,16-17H,12-15,18H2,1H3,(H2,28,29,32,34). The highest BCUT2D eigenvalue weighted by Crippen LogP contribution is 2.29. The van der Waals surface area contributed by atoms with Gasteiger partial charge < -0.3 is 19.9 Å². The number of amides is 1. The molecule has 0 atom stereocenters. The normalized spacial score (nSPS) is 13.9. The molecule has 8 heteroatoms. The molecule has 176 valence electrons. The summed E-state index contributed by atoms with van der Waals surface area (Å²) in [7, 11) is 2.12. The van der Waals surface area contributed by atoms with Crippen molar-refractivity contribution in [1.29, 1.82) is 0 Å². The van der Waals surface area contributed by atoms with Crippen LogP contribution in [0.2, 0.25) is 5.02 Å². The second kappa shape index (κ2) is 11.3. The lowest BCUT2D eigenvalue weighted by molar-refractivity contribution is 0.0977. The Morgan fingerprint density at radius 1 is 1.00 bits per heavy atom. The van der Waals surface area contributed by atoms with E-state index < -0.39 is 0 Å². The van der Waals surface area contributed by atoms with E-state index in [0.29, 0.717) is 28.6 Å². The molecule has 0 aromatic heterocycles. The van der Waals surface area contributed by atoms with Crippen LogP contribution in [-0.4, -0.2) is 49.1 Å². The molecule has 0 bridgehead atoms. The Morgan fingerprint density at radius 3 is 2.50 bits per heavy atom. The third kappa shape index (κ3) is 6.47. The van der Waals surface area contributed by atoms with Crippen LogP contribution in [-0.2, 0) is 6.61 Å². The van der Waals surface area contributed by atoms with Gasteiger partial charge in [-0.15, -0.1) is 0 Å². The van der Waals surface area contributed by atoms with Crippen LogP contribution in [0.15, 0.2) is 72.8 Å². The molecule has 3 aromatic carbocycles. The molecular formula is C26H27ClN4O2S. The van der Waals surface area contributed by atoms with E-state index in [1.807, 2.05) is 54.6 Å². The molecule has 1 aliphatic rings. The zero-order valence-electron chi connectivity index (χ0n) is 19.0. The second-order valence-electron chi connectivity index (χ2n) is 8.17. The van der Waals surface area contributed by atoms with E-state index >= 15 is 0 Å². The van der Waals surface area contributed by atoms with Crippen molar-refractivity contribution in [2.24, 2.45) is 0 Å². The van der Waals surface area contributed by atoms with Gasteiger partial charge in [-0.05, 0) is 61.2 Å². The Kier molecular flexibility index (Phi) is 8.00. The van der Waals surface area contributed by atoms with Gasteiger partial charge in [-0.1, -0.05) is 48.0 Å². The predicted molar refractivity (Wildman–Crippen MR) is 142 cm³/mol. The molecule has 4 rings (SSSR count). The number of hydrogen-bond donors (Lipinski definition) is 2. The molecule has 1 fully saturated rings. The Balaban J connectivity index is 1.32. The fourth-order valence-electron chi connectivity index (χ4n) is 3.69. The fraction of sp³-hybridized carbons (Fsp3) is 0.231. The number of benzene rings is 3. The van der Waals surface area contributed by atoms with E-state index in [0.717, 1.165) is 37.4 Å². The Labute approximate surface area is 210 Å². The number of halogens is 1. The van der Waals surface area contributed by atoms with Gasteiger partial charge in [0.25, 0.3) is 5.91 Å². The quantitative estimate of drug-likeness (QED) is 0.480. The van der Waals surface area contributed by atoms with Crippen molar-refractivity contribution in [3.05, 3.63) is 88.9 Å². The highest BCUT2D eigenvalue weighted by molar-refractivity contribution is 7.80. The Hall–Kier alpha value is -3.13. The maximum atomic E-state index is 12.7. The highest BCUT2D eigenvalue weighted by Gasteiger charge is 2.17. The largest absolute Gasteiger partial charge is 0.489 e. The van der Waals surface area contributed by atoms with Crippen molar-refractivity contribution < 1.29 is 9.53 Å². The molecule has 34 heavy (non-hydrogen) atoms. The molecule has 1 aliphatic heterocycles. The molecule has 2 N–H and O–H groups in total. The van der Waals surface area contributed by atoms with Gasteiger partial charge in [-0.25, -0.2) is 0 Å². The van der Waals surface area contributed by atoms with Crippen molar-refractivity contribution in [2.45, 2.75) is 6.61 Å². The van der Waals surface area contributed by atoms with Crippen molar-refractivity contribution in [1.82, 2.24) is 10.2 Å². The summed E-state index contributed by atoms with van der Waals surface area (Å²) in [6.45, 7) is 4.31. The molecule has 6 nitrogen and oxygen atoms in total. The van der Waals surface area contributed by atoms with Gasteiger partial charge >= 0.3 is 0 Å². The molecule has 0 radical (unpaired) electrons. The number of rotatable bonds is 6. The van der Waals surface area contributed by atoms with Crippen molar-refractivity contribution in [3.63, 3.8) is 0 Å². The fourth-order valence-corrected chi connectivity index (χ4v) is 4.20. The lowest BCUT2D eigenvalue weighted by Crippen LogP contribution is -2.44. The van der Waals surface area contributed by atoms with Crippen LogP contribution in [0.1, 0.15) is 15.9 Å². The number of thiocarbonyl (C=S) groups is 1. The van der Waals surface area contributed by atoms with Crippen molar-refractivity contribution in [2.75, 3.05) is 43.4 Å². The molecule has 1 amide bonds. The predicted octanol–water partition coefficient (Wildman–Crippen LogP) is 4.80. The number of nitrogens with zero attached hydrogens (tertiary/aromatic N) is 2. The Morgan fingerprint density at radius 2 is 1.76 bits per heavy atom. The zero-order valence-corrected chi connectivity index (χ0v) is 20.5. The first-order valence-corrected chi connectivity index (χ1v) is 11.9. The van der Waals surface area contributed by atoms with E-state index in [2.05, 4.69) is 27.5 Å². The van der Waals surface area contributed by atoms with E-state index in [1.165, 1.54) is 0 Å². The summed E-state index contributed by atoms with van der Waals surface area (Å²) < 4.78 is 5.81. The van der Waals surface area contributed by atoms with Gasteiger partial charge in [0.2, 0.25) is 0 Å². The average molecular weight is 495 g/mol. The maximum Gasteiger partial charge on any atom is 0.257 e. The summed E-state index contributed by atoms with van der Waals surface area (Å²) in [4.78, 5) is 17.3. The third-order valence-corrected chi connectivity index (χ3v) is 6.13. The van der Waals surface area contributed by atoms with Crippen molar-refractivity contribution in [3.8, 4) is 5.75 Å². The number of piperazine rings is 1. The molecule has 0 spiro atoms. The van der Waals surface area contributed by atoms with Gasteiger partial charge in [-0.2, -0.15) is 0 Å². The van der Waals surface area contributed by atoms with E-state index in [1.54, 1.807) is 18.2 Å². The number of likely N-dealkylation sites (N-methyl/N-ethyl adjacent to an activating group) is 1. The van der Waals surface area contributed by atoms with E-state index in [9.17, 15) is 4.79 Å². The van der Waals surface area contributed by atoms with Crippen LogP contribution < -0.4 is 20.3 Å². The summed E-state index contributed by atoms with van der Waals surface area (Å²) in [5, 5.41) is 6.60. The zero-order chi connectivity index (χ0) is 23.9. The number of hydrogen-bond acceptors (Lipinski definition) is 5. The van der Waals surface area contributed by atoms with Crippen LogP contribution in [0, 0.1) is 0 Å². The smallest absolute Gasteiger partial charge is 0.257 e. The average Bonchev–Trinajstić information content (AvgIpc) is 2.84. The number of carbonyl (C=O) groups is 1. The minimum Gasteiger partial charge on any atom is -0.489 e. The topological polar surface area (TPSA) is 56.8 Å². The first-order valence-electron chi connectivity index (χ1n) is 11.1. The summed E-state index contributed by atoms with van der Waals surface area (Å²) in [6.07, 6.45) is 0. The molecule has 0 aliphatic carbocycles. The van der Waals surface area contributed by atoms with Crippen LogP contribution in [0.25, 0.3) is 0 Å². The molecule has 1 heterocycles. The summed E-state index contributed by atoms with van der Waals surface area (Å²) in [5.41, 5.74) is 3.23. The monoisotopic (exact) mass is 494 g/mol. The van der Waals surface area contributed by atoms with Crippen molar-refractivity contribution >= 4 is 46.2 Å². The molecule has 3 aromatic rings. The number of ether oxygens (including phenoxy) is 1. The van der Waals surface area contributed by atoms with Gasteiger partial charge in [0, 0.05) is 37.4 Å². The highest BCUT2D eigenvalue weighted by atomic mass is 35.5. The minimum absolute atomic E-state index is 0.198. The molecular weight excluding hydrogens is 468 g/mol. The number of carbonyl (C=O) groups excluding carboxylic acids is 1. The van der Waals surface area contributed by atoms with E-state index in [-0.39, 0.29) is 11.0 Å². The summed E-state index contributed by atoms with van der Waals surface area (Å²) >= 11 is 11.9. The van der Waals surface area contributed by atoms with Gasteiger partial charge in [0.1, 0.15) is 12.4 Å². The lowest BCUT2D eigenvalue weighted by atomic mass is 10.2. The number of anilines is 2. The van der Waals surface area contributed by atoms with Crippen LogP contribution in [0.4, 0.5) is 11.4 Å². The first-order chi connectivity index (χ1) is 16.5. The second-order valence-corrected chi connectivity index (χ2v) is 8.98. The van der Waals surface area contributed by atoms with Crippen LogP contribution in [0.5, 0.6) is 5.75 Å². The molecule has 0 saturated carbocycles. The Bertz CT molecular complexity index is 1150. The third-order valence-electron chi connectivity index (χ3n) is 5.62. The number of nitrogens with one attached hydrogen (secondary N) is 2. The maximum absolute atomic E-state index is 12.7. The van der Waals surface area contributed by atoms with Gasteiger partial charge in [0.05, 0.1) is 10.7 Å². The van der Waals surface area contributed by atoms with E-state index in [4.69, 9.17) is 28.6 Å². The lowest BCUT2D eigenvalue weighted by Gasteiger charge is -2.34. The summed E-state index contributed by atoms with van der Waals surface area (Å²) in [5.74, 6) is 0.296. The summed E-state index contributed by atoms with van der Waals surface area (Å²) in [6, 6.07) is 22.6. The van der Waals surface area contributed by atoms with Gasteiger partial charge in [-0.3, -0.25) is 10.1 Å². The van der Waals surface area contributed by atoms with Crippen LogP contribution >= 0.6 is 23.8 Å². The molecule has 1 saturated heterocycles. The van der Waals surface area contributed by atoms with Crippen LogP contribution in [0.3, 0.4) is 0 Å². The molecule has 0 unspecified atom stereocenters. The SMILES string of the molecule is CN1CCN(c2ccc(NC(=S)NC(=O)c3cccc(OCc4ccccc4)c3)cc2Cl)CC1.